The fourth-order valence-corrected chi connectivity index (χ4v) is 10.4. The van der Waals surface area contributed by atoms with Crippen LogP contribution in [0.4, 0.5) is 4.79 Å². The Kier molecular flexibility index (Phi) is 11.4. The van der Waals surface area contributed by atoms with Crippen LogP contribution in [0.2, 0.25) is 0 Å². The molecule has 12 nitrogen and oxygen atoms in total. The van der Waals surface area contributed by atoms with Crippen molar-refractivity contribution in [3.8, 4) is 0 Å². The molecule has 5 N–H and O–H groups in total. The molecule has 1 heterocycles. The highest BCUT2D eigenvalue weighted by molar-refractivity contribution is 7.90. The summed E-state index contributed by atoms with van der Waals surface area (Å²) in [4.78, 5) is 53.9. The molecule has 1 aromatic carbocycles. The van der Waals surface area contributed by atoms with E-state index in [-0.39, 0.29) is 48.1 Å². The number of carbonyl (C=O) groups excluding carboxylic acids is 4. The quantitative estimate of drug-likeness (QED) is 0.115. The summed E-state index contributed by atoms with van der Waals surface area (Å²) in [6.07, 6.45) is 6.28. The summed E-state index contributed by atoms with van der Waals surface area (Å²) in [7, 11) is -3.55. The van der Waals surface area contributed by atoms with Gasteiger partial charge in [-0.15, -0.1) is 0 Å². The Balaban J connectivity index is 1.24. The molecule has 1 aromatic rings. The van der Waals surface area contributed by atoms with Crippen LogP contribution >= 0.6 is 0 Å². The van der Waals surface area contributed by atoms with Crippen LogP contribution in [0.3, 0.4) is 0 Å². The number of sulfone groups is 1. The van der Waals surface area contributed by atoms with Gasteiger partial charge in [-0.25, -0.2) is 13.2 Å². The number of primary amides is 1. The predicted molar refractivity (Wildman–Crippen MR) is 190 cm³/mol. The average molecular weight is 716 g/mol. The Morgan fingerprint density at radius 2 is 1.70 bits per heavy atom. The second-order valence-electron chi connectivity index (χ2n) is 16.9. The van der Waals surface area contributed by atoms with Crippen LogP contribution in [0.1, 0.15) is 91.5 Å². The highest BCUT2D eigenvalue weighted by atomic mass is 32.2. The second-order valence-corrected chi connectivity index (χ2v) is 19.0. The second kappa shape index (κ2) is 14.9. The topological polar surface area (TPSA) is 177 Å². The van der Waals surface area contributed by atoms with Crippen molar-refractivity contribution in [1.82, 2.24) is 20.9 Å². The van der Waals surface area contributed by atoms with E-state index >= 15 is 0 Å². The Bertz CT molecular complexity index is 1520. The highest BCUT2D eigenvalue weighted by Crippen LogP contribution is 2.65. The van der Waals surface area contributed by atoms with Gasteiger partial charge in [0.25, 0.3) is 5.91 Å². The Morgan fingerprint density at radius 1 is 1.04 bits per heavy atom. The van der Waals surface area contributed by atoms with Gasteiger partial charge in [-0.2, -0.15) is 0 Å². The third kappa shape index (κ3) is 9.25. The highest BCUT2D eigenvalue weighted by Gasteiger charge is 2.68. The molecule has 50 heavy (non-hydrogen) atoms. The third-order valence-corrected chi connectivity index (χ3v) is 13.2. The Labute approximate surface area is 297 Å². The number of ketones is 1. The summed E-state index contributed by atoms with van der Waals surface area (Å²) in [6.45, 7) is 10.9. The molecule has 4 aliphatic rings. The molecule has 3 aliphatic carbocycles. The first-order chi connectivity index (χ1) is 23.4. The number of nitrogens with zero attached hydrogens (tertiary/aromatic N) is 1. The van der Waals surface area contributed by atoms with Crippen LogP contribution in [0, 0.1) is 28.6 Å². The van der Waals surface area contributed by atoms with Crippen LogP contribution in [0.5, 0.6) is 0 Å². The number of piperidine rings is 1. The Hall–Kier alpha value is -3.03. The summed E-state index contributed by atoms with van der Waals surface area (Å²) in [5.74, 6) is -1.18. The molecule has 1 aliphatic heterocycles. The van der Waals surface area contributed by atoms with E-state index in [1.165, 1.54) is 0 Å². The van der Waals surface area contributed by atoms with Gasteiger partial charge in [0.2, 0.25) is 11.7 Å². The molecule has 5 atom stereocenters. The maximum absolute atomic E-state index is 14.4. The molecular formula is C37H57N5O7S. The van der Waals surface area contributed by atoms with E-state index < -0.39 is 50.6 Å². The maximum Gasteiger partial charge on any atom is 0.315 e. The van der Waals surface area contributed by atoms with E-state index in [2.05, 4.69) is 29.8 Å². The molecule has 0 radical (unpaired) electrons. The third-order valence-electron chi connectivity index (χ3n) is 11.5. The van der Waals surface area contributed by atoms with Crippen LogP contribution in [0.25, 0.3) is 0 Å². The SMILES string of the molecule is CC1(C)C2CN(C(=O)[C@@H](NC(=O)NC3(CS(=O)(=O)Cc4ccccc4)CCCCC3)C(C)(C)C)[C@H](COCNC(CC3CC3)C(=O)C(N)=O)C21. The normalized spacial score (nSPS) is 25.2. The van der Waals surface area contributed by atoms with Crippen molar-refractivity contribution in [1.29, 1.82) is 0 Å². The minimum Gasteiger partial charge on any atom is -0.364 e. The standard InChI is InChI=1S/C37H57N5O7S/c1-35(2,3)31(40-34(46)41-37(16-10-7-11-17-37)22-50(47,48)21-25-12-8-6-9-13-25)33(45)42-19-26-29(36(26,4)5)28(42)20-49-23-39-27(18-24-14-15-24)30(43)32(38)44/h6,8-9,12-13,24,26-29,31,39H,7,10-11,14-23H2,1-5H3,(H2,38,44)(H2,40,41,46)/t26?,27?,28-,29?,31-/m1/s1. The summed E-state index contributed by atoms with van der Waals surface area (Å²) in [6, 6.07) is 6.71. The minimum atomic E-state index is -3.55. The number of urea groups is 1. The summed E-state index contributed by atoms with van der Waals surface area (Å²) in [5, 5.41) is 9.08. The molecule has 4 fully saturated rings. The average Bonchev–Trinajstić information content (AvgIpc) is 3.89. The summed E-state index contributed by atoms with van der Waals surface area (Å²) in [5.41, 5.74) is 4.46. The fourth-order valence-electron chi connectivity index (χ4n) is 8.43. The number of nitrogens with one attached hydrogen (secondary N) is 3. The van der Waals surface area contributed by atoms with E-state index in [1.54, 1.807) is 12.1 Å². The molecule has 4 amide bonds. The number of Topliss-reactive ketones (excluding diaryl/α,β-unsaturated/α-hetero) is 1. The first kappa shape index (κ1) is 38.2. The number of ether oxygens (including phenoxy) is 1. The van der Waals surface area contributed by atoms with Gasteiger partial charge in [-0.1, -0.05) is 97.1 Å². The van der Waals surface area contributed by atoms with Crippen LogP contribution in [-0.2, 0) is 34.7 Å². The smallest absolute Gasteiger partial charge is 0.315 e. The maximum atomic E-state index is 14.4. The lowest BCUT2D eigenvalue weighted by atomic mass is 9.83. The van der Waals surface area contributed by atoms with Gasteiger partial charge in [-0.05, 0) is 53.4 Å². The summed E-state index contributed by atoms with van der Waals surface area (Å²) >= 11 is 0. The van der Waals surface area contributed by atoms with E-state index in [0.29, 0.717) is 43.2 Å². The Morgan fingerprint density at radius 3 is 2.30 bits per heavy atom. The molecule has 3 unspecified atom stereocenters. The number of likely N-dealkylation sites (tertiary alicyclic amines) is 1. The lowest BCUT2D eigenvalue weighted by Gasteiger charge is -2.40. The molecule has 1 saturated heterocycles. The van der Waals surface area contributed by atoms with Gasteiger partial charge in [0.1, 0.15) is 6.04 Å². The van der Waals surface area contributed by atoms with Crippen molar-refractivity contribution in [2.24, 2.45) is 34.3 Å². The van der Waals surface area contributed by atoms with Crippen LogP contribution in [0.15, 0.2) is 30.3 Å². The molecule has 13 heteroatoms. The molecule has 0 spiro atoms. The minimum absolute atomic E-state index is 0.0331. The van der Waals surface area contributed by atoms with E-state index in [0.717, 1.165) is 32.1 Å². The number of rotatable bonds is 16. The zero-order chi connectivity index (χ0) is 36.5. The van der Waals surface area contributed by atoms with Gasteiger partial charge in [0, 0.05) is 6.54 Å². The predicted octanol–water partition coefficient (Wildman–Crippen LogP) is 3.29. The van der Waals surface area contributed by atoms with Crippen molar-refractivity contribution in [3.05, 3.63) is 35.9 Å². The van der Waals surface area contributed by atoms with Crippen molar-refractivity contribution in [2.45, 2.75) is 115 Å². The number of carbonyl (C=O) groups is 4. The van der Waals surface area contributed by atoms with Crippen LogP contribution < -0.4 is 21.7 Å². The number of benzene rings is 1. The van der Waals surface area contributed by atoms with Crippen molar-refractivity contribution < 1.29 is 32.3 Å². The van der Waals surface area contributed by atoms with Crippen molar-refractivity contribution in [3.63, 3.8) is 0 Å². The zero-order valence-electron chi connectivity index (χ0n) is 30.3. The molecule has 5 rings (SSSR count). The summed E-state index contributed by atoms with van der Waals surface area (Å²) < 4.78 is 32.9. The molecule has 0 aromatic heterocycles. The first-order valence-corrected chi connectivity index (χ1v) is 20.0. The van der Waals surface area contributed by atoms with E-state index in [9.17, 15) is 27.6 Å². The monoisotopic (exact) mass is 715 g/mol. The molecule has 0 bridgehead atoms. The van der Waals surface area contributed by atoms with Gasteiger partial charge >= 0.3 is 6.03 Å². The zero-order valence-corrected chi connectivity index (χ0v) is 31.2. The largest absolute Gasteiger partial charge is 0.364 e. The van der Waals surface area contributed by atoms with Crippen LogP contribution in [-0.4, -0.2) is 86.2 Å². The molecule has 278 valence electrons. The molecule has 3 saturated carbocycles. The number of fused-ring (bicyclic) bond motifs is 1. The van der Waals surface area contributed by atoms with Gasteiger partial charge in [0.05, 0.1) is 42.5 Å². The van der Waals surface area contributed by atoms with Gasteiger partial charge < -0.3 is 26.0 Å². The first-order valence-electron chi connectivity index (χ1n) is 18.2. The van der Waals surface area contributed by atoms with E-state index in [1.807, 2.05) is 43.9 Å². The van der Waals surface area contributed by atoms with Crippen molar-refractivity contribution in [2.75, 3.05) is 25.6 Å². The number of nitrogens with two attached hydrogens (primary N) is 1. The van der Waals surface area contributed by atoms with Gasteiger partial charge in [-0.3, -0.25) is 19.7 Å². The van der Waals surface area contributed by atoms with E-state index in [4.69, 9.17) is 10.5 Å². The van der Waals surface area contributed by atoms with Gasteiger partial charge in [0.15, 0.2) is 9.84 Å². The fraction of sp³-hybridized carbons (Fsp3) is 0.730. The van der Waals surface area contributed by atoms with Crippen molar-refractivity contribution >= 4 is 33.5 Å². The molecular weight excluding hydrogens is 659 g/mol. The lowest BCUT2D eigenvalue weighted by molar-refractivity contribution is -0.139. The lowest BCUT2D eigenvalue weighted by Crippen LogP contribution is -2.63. The number of hydrogen-bond donors (Lipinski definition) is 4. The number of hydrogen-bond acceptors (Lipinski definition) is 8. The number of amides is 4.